The third kappa shape index (κ3) is 2.01. The lowest BCUT2D eigenvalue weighted by Gasteiger charge is -2.28. The number of halogens is 2. The summed E-state index contributed by atoms with van der Waals surface area (Å²) in [6, 6.07) is 0. The van der Waals surface area contributed by atoms with Gasteiger partial charge in [0.1, 0.15) is 0 Å². The Morgan fingerprint density at radius 1 is 1.67 bits per heavy atom. The lowest BCUT2D eigenvalue weighted by molar-refractivity contribution is 0.0974. The van der Waals surface area contributed by atoms with Crippen molar-refractivity contribution < 1.29 is 4.39 Å². The van der Waals surface area contributed by atoms with Crippen molar-refractivity contribution in [3.8, 4) is 0 Å². The molecule has 1 aromatic heterocycles. The van der Waals surface area contributed by atoms with Gasteiger partial charge >= 0.3 is 0 Å². The molecule has 86 valence electrons. The molecule has 0 aromatic carbocycles. The maximum atomic E-state index is 14.6. The fraction of sp³-hybridized carbons (Fsp3) is 0.700. The van der Waals surface area contributed by atoms with Gasteiger partial charge in [0, 0.05) is 13.1 Å². The van der Waals surface area contributed by atoms with Gasteiger partial charge in [0.15, 0.2) is 5.67 Å². The van der Waals surface area contributed by atoms with Gasteiger partial charge in [0.05, 0.1) is 16.9 Å². The zero-order valence-electron chi connectivity index (χ0n) is 9.30. The van der Waals surface area contributed by atoms with E-state index in [1.807, 2.05) is 6.92 Å². The normalized spacial score (nSPS) is 15.7. The van der Waals surface area contributed by atoms with Crippen LogP contribution in [0.15, 0.2) is 6.20 Å². The molecule has 0 amide bonds. The van der Waals surface area contributed by atoms with Gasteiger partial charge in [0.2, 0.25) is 0 Å². The maximum Gasteiger partial charge on any atom is 0.168 e. The van der Waals surface area contributed by atoms with E-state index in [0.29, 0.717) is 17.3 Å². The Morgan fingerprint density at radius 2 is 2.27 bits per heavy atom. The standard InChI is InChI=1S/C10H17ClFN3/c1-4-15-9(8(11)5-14-15)10(12,6-13)7(2)3/h5,7H,4,6,13H2,1-3H3. The highest BCUT2D eigenvalue weighted by molar-refractivity contribution is 6.31. The molecule has 0 aliphatic heterocycles. The van der Waals surface area contributed by atoms with E-state index in [0.717, 1.165) is 0 Å². The highest BCUT2D eigenvalue weighted by Gasteiger charge is 2.39. The lowest BCUT2D eigenvalue weighted by atomic mass is 9.89. The third-order valence-corrected chi connectivity index (χ3v) is 2.98. The van der Waals surface area contributed by atoms with Gasteiger partial charge in [-0.1, -0.05) is 25.4 Å². The highest BCUT2D eigenvalue weighted by atomic mass is 35.5. The Morgan fingerprint density at radius 3 is 2.67 bits per heavy atom. The largest absolute Gasteiger partial charge is 0.327 e. The van der Waals surface area contributed by atoms with Crippen molar-refractivity contribution >= 4 is 11.6 Å². The summed E-state index contributed by atoms with van der Waals surface area (Å²) in [7, 11) is 0. The van der Waals surface area contributed by atoms with Crippen molar-refractivity contribution in [1.29, 1.82) is 0 Å². The van der Waals surface area contributed by atoms with Crippen LogP contribution in [0.1, 0.15) is 26.5 Å². The maximum absolute atomic E-state index is 14.6. The summed E-state index contributed by atoms with van der Waals surface area (Å²) in [5.74, 6) is -0.234. The van der Waals surface area contributed by atoms with E-state index in [-0.39, 0.29) is 12.5 Å². The molecule has 0 aliphatic rings. The number of alkyl halides is 1. The number of hydrogen-bond donors (Lipinski definition) is 1. The van der Waals surface area contributed by atoms with Crippen molar-refractivity contribution in [1.82, 2.24) is 9.78 Å². The first-order valence-corrected chi connectivity index (χ1v) is 5.45. The summed E-state index contributed by atoms with van der Waals surface area (Å²) in [5.41, 5.74) is 4.30. The predicted octanol–water partition coefficient (Wildman–Crippen LogP) is 2.34. The zero-order valence-corrected chi connectivity index (χ0v) is 10.1. The summed E-state index contributed by atoms with van der Waals surface area (Å²) >= 11 is 5.95. The van der Waals surface area contributed by atoms with E-state index >= 15 is 0 Å². The van der Waals surface area contributed by atoms with Crippen LogP contribution < -0.4 is 5.73 Å². The average Bonchev–Trinajstić information content (AvgIpc) is 2.58. The van der Waals surface area contributed by atoms with E-state index in [4.69, 9.17) is 17.3 Å². The first-order valence-electron chi connectivity index (χ1n) is 5.08. The Kier molecular flexibility index (Phi) is 3.73. The van der Waals surface area contributed by atoms with E-state index in [9.17, 15) is 4.39 Å². The smallest absolute Gasteiger partial charge is 0.168 e. The van der Waals surface area contributed by atoms with E-state index < -0.39 is 5.67 Å². The summed E-state index contributed by atoms with van der Waals surface area (Å²) in [6.07, 6.45) is 1.47. The summed E-state index contributed by atoms with van der Waals surface area (Å²) in [6.45, 7) is 5.97. The van der Waals surface area contributed by atoms with Crippen LogP contribution in [-0.4, -0.2) is 16.3 Å². The SMILES string of the molecule is CCn1ncc(Cl)c1C(F)(CN)C(C)C. The molecule has 1 aromatic rings. The van der Waals surface area contributed by atoms with Crippen molar-refractivity contribution in [3.05, 3.63) is 16.9 Å². The Balaban J connectivity index is 3.28. The molecule has 1 rings (SSSR count). The molecule has 0 fully saturated rings. The molecule has 0 saturated carbocycles. The Hall–Kier alpha value is -0.610. The second-order valence-electron chi connectivity index (χ2n) is 3.88. The van der Waals surface area contributed by atoms with E-state index in [1.54, 1.807) is 18.5 Å². The second kappa shape index (κ2) is 4.49. The van der Waals surface area contributed by atoms with Crippen LogP contribution in [-0.2, 0) is 12.2 Å². The highest BCUT2D eigenvalue weighted by Crippen LogP contribution is 2.37. The molecule has 0 spiro atoms. The van der Waals surface area contributed by atoms with Gasteiger partial charge in [-0.3, -0.25) is 4.68 Å². The summed E-state index contributed by atoms with van der Waals surface area (Å²) < 4.78 is 16.2. The third-order valence-electron chi connectivity index (χ3n) is 2.70. The van der Waals surface area contributed by atoms with E-state index in [2.05, 4.69) is 5.10 Å². The molecule has 3 nitrogen and oxygen atoms in total. The van der Waals surface area contributed by atoms with Gasteiger partial charge in [-0.15, -0.1) is 0 Å². The monoisotopic (exact) mass is 233 g/mol. The van der Waals surface area contributed by atoms with Crippen molar-refractivity contribution in [2.75, 3.05) is 6.54 Å². The van der Waals surface area contributed by atoms with E-state index in [1.165, 1.54) is 6.20 Å². The molecule has 0 saturated heterocycles. The minimum atomic E-state index is -1.61. The number of nitrogens with zero attached hydrogens (tertiary/aromatic N) is 2. The van der Waals surface area contributed by atoms with Crippen LogP contribution >= 0.6 is 11.6 Å². The topological polar surface area (TPSA) is 43.8 Å². The van der Waals surface area contributed by atoms with Crippen molar-refractivity contribution in [2.45, 2.75) is 33.0 Å². The molecule has 0 radical (unpaired) electrons. The zero-order chi connectivity index (χ0) is 11.6. The first-order chi connectivity index (χ1) is 6.97. The average molecular weight is 234 g/mol. The Bertz CT molecular complexity index is 337. The van der Waals surface area contributed by atoms with Crippen LogP contribution in [0.2, 0.25) is 5.02 Å². The Labute approximate surface area is 94.4 Å². The van der Waals surface area contributed by atoms with Gasteiger partial charge in [-0.05, 0) is 12.8 Å². The molecule has 1 unspecified atom stereocenters. The van der Waals surface area contributed by atoms with Crippen LogP contribution in [0.4, 0.5) is 4.39 Å². The number of rotatable bonds is 4. The van der Waals surface area contributed by atoms with Crippen LogP contribution in [0, 0.1) is 5.92 Å². The van der Waals surface area contributed by atoms with Crippen LogP contribution in [0.5, 0.6) is 0 Å². The van der Waals surface area contributed by atoms with Gasteiger partial charge in [0.25, 0.3) is 0 Å². The van der Waals surface area contributed by atoms with Gasteiger partial charge < -0.3 is 5.73 Å². The van der Waals surface area contributed by atoms with Crippen LogP contribution in [0.3, 0.4) is 0 Å². The number of hydrogen-bond acceptors (Lipinski definition) is 2. The van der Waals surface area contributed by atoms with Gasteiger partial charge in [-0.2, -0.15) is 5.10 Å². The molecule has 15 heavy (non-hydrogen) atoms. The minimum absolute atomic E-state index is 0.0872. The predicted molar refractivity (Wildman–Crippen MR) is 59.6 cm³/mol. The fourth-order valence-electron chi connectivity index (χ4n) is 1.62. The number of aryl methyl sites for hydroxylation is 1. The molecule has 1 atom stereocenters. The molecular weight excluding hydrogens is 217 g/mol. The van der Waals surface area contributed by atoms with Crippen molar-refractivity contribution in [3.63, 3.8) is 0 Å². The van der Waals surface area contributed by atoms with Gasteiger partial charge in [-0.25, -0.2) is 4.39 Å². The molecular formula is C10H17ClFN3. The quantitative estimate of drug-likeness (QED) is 0.868. The number of nitrogens with two attached hydrogens (primary N) is 1. The molecule has 2 N–H and O–H groups in total. The molecule has 5 heteroatoms. The lowest BCUT2D eigenvalue weighted by Crippen LogP contribution is -2.38. The summed E-state index contributed by atoms with van der Waals surface area (Å²) in [4.78, 5) is 0. The second-order valence-corrected chi connectivity index (χ2v) is 4.29. The fourth-order valence-corrected chi connectivity index (χ4v) is 1.92. The molecule has 0 aliphatic carbocycles. The minimum Gasteiger partial charge on any atom is -0.327 e. The summed E-state index contributed by atoms with van der Waals surface area (Å²) in [5, 5.41) is 4.37. The first kappa shape index (κ1) is 12.5. The molecule has 1 heterocycles. The number of aromatic nitrogens is 2. The van der Waals surface area contributed by atoms with Crippen molar-refractivity contribution in [2.24, 2.45) is 11.7 Å². The molecule has 0 bridgehead atoms. The van der Waals surface area contributed by atoms with Crippen LogP contribution in [0.25, 0.3) is 0 Å².